The molecule has 0 heterocycles. The van der Waals surface area contributed by atoms with E-state index in [4.69, 9.17) is 11.6 Å². The Labute approximate surface area is 204 Å². The van der Waals surface area contributed by atoms with E-state index in [0.29, 0.717) is 10.6 Å². The highest BCUT2D eigenvalue weighted by molar-refractivity contribution is 7.92. The van der Waals surface area contributed by atoms with E-state index in [1.165, 1.54) is 53.4 Å². The number of hydrogen-bond donors (Lipinski definition) is 1. The highest BCUT2D eigenvalue weighted by Gasteiger charge is 2.31. The van der Waals surface area contributed by atoms with Crippen LogP contribution in [-0.2, 0) is 26.2 Å². The molecule has 34 heavy (non-hydrogen) atoms. The Hall–Kier alpha value is -2.65. The maximum Gasteiger partial charge on any atom is 0.244 e. The van der Waals surface area contributed by atoms with Crippen molar-refractivity contribution in [2.75, 3.05) is 17.1 Å². The van der Waals surface area contributed by atoms with Gasteiger partial charge in [-0.1, -0.05) is 36.6 Å². The van der Waals surface area contributed by atoms with Gasteiger partial charge >= 0.3 is 0 Å². The Bertz CT molecular complexity index is 1100. The van der Waals surface area contributed by atoms with Gasteiger partial charge in [-0.3, -0.25) is 13.9 Å². The molecule has 1 atom stereocenters. The first-order chi connectivity index (χ1) is 16.0. The summed E-state index contributed by atoms with van der Waals surface area (Å²) >= 11 is 5.92. The summed E-state index contributed by atoms with van der Waals surface area (Å²) in [5, 5.41) is 3.42. The zero-order valence-electron chi connectivity index (χ0n) is 19.2. The first-order valence-electron chi connectivity index (χ1n) is 11.1. The molecule has 1 aliphatic rings. The molecular formula is C24H29ClFN3O4S. The Kier molecular flexibility index (Phi) is 8.54. The van der Waals surface area contributed by atoms with E-state index >= 15 is 0 Å². The fourth-order valence-corrected chi connectivity index (χ4v) is 4.96. The lowest BCUT2D eigenvalue weighted by Gasteiger charge is -2.32. The summed E-state index contributed by atoms with van der Waals surface area (Å²) in [6.07, 6.45) is 4.88. The van der Waals surface area contributed by atoms with Crippen LogP contribution in [0.3, 0.4) is 0 Å². The number of carbonyl (C=O) groups is 2. The van der Waals surface area contributed by atoms with Crippen LogP contribution in [0.4, 0.5) is 10.1 Å². The van der Waals surface area contributed by atoms with Gasteiger partial charge in [0, 0.05) is 17.6 Å². The number of benzene rings is 2. The molecule has 0 radical (unpaired) electrons. The molecule has 10 heteroatoms. The monoisotopic (exact) mass is 509 g/mol. The minimum atomic E-state index is -3.81. The van der Waals surface area contributed by atoms with Crippen molar-refractivity contribution in [3.8, 4) is 0 Å². The molecule has 1 fully saturated rings. The molecule has 2 aromatic carbocycles. The molecule has 0 unspecified atom stereocenters. The number of carbonyl (C=O) groups excluding carboxylic acids is 2. The Morgan fingerprint density at radius 2 is 1.68 bits per heavy atom. The lowest BCUT2D eigenvalue weighted by Crippen LogP contribution is -2.52. The maximum atomic E-state index is 13.4. The number of nitrogens with zero attached hydrogens (tertiary/aromatic N) is 2. The molecule has 0 aliphatic heterocycles. The smallest absolute Gasteiger partial charge is 0.244 e. The van der Waals surface area contributed by atoms with Gasteiger partial charge in [0.15, 0.2) is 0 Å². The van der Waals surface area contributed by atoms with E-state index in [0.717, 1.165) is 36.2 Å². The molecule has 1 saturated carbocycles. The molecule has 0 spiro atoms. The van der Waals surface area contributed by atoms with Crippen LogP contribution in [0.5, 0.6) is 0 Å². The number of sulfonamides is 1. The third-order valence-corrected chi connectivity index (χ3v) is 7.32. The zero-order valence-corrected chi connectivity index (χ0v) is 20.8. The number of nitrogens with one attached hydrogen (secondary N) is 1. The predicted molar refractivity (Wildman–Crippen MR) is 130 cm³/mol. The second kappa shape index (κ2) is 11.2. The van der Waals surface area contributed by atoms with E-state index < -0.39 is 34.3 Å². The third kappa shape index (κ3) is 6.93. The largest absolute Gasteiger partial charge is 0.352 e. The van der Waals surface area contributed by atoms with Crippen LogP contribution >= 0.6 is 11.6 Å². The molecule has 0 aromatic heterocycles. The quantitative estimate of drug-likeness (QED) is 0.558. The standard InChI is InChI=1S/C24H29ClFN3O4S/c1-17(24(31)27-21-5-3-4-6-21)28(15-18-7-11-20(26)12-8-18)23(30)16-29(34(2,32)33)22-13-9-19(25)10-14-22/h7-14,17,21H,3-6,15-16H2,1-2H3,(H,27,31)/t17-/m0/s1. The number of hydrogen-bond acceptors (Lipinski definition) is 4. The first kappa shape index (κ1) is 26.0. The van der Waals surface area contributed by atoms with Gasteiger partial charge in [0.25, 0.3) is 0 Å². The SMILES string of the molecule is C[C@@H](C(=O)NC1CCCC1)N(Cc1ccc(F)cc1)C(=O)CN(c1ccc(Cl)cc1)S(C)(=O)=O. The molecule has 0 bridgehead atoms. The average Bonchev–Trinajstić information content (AvgIpc) is 3.29. The molecule has 3 rings (SSSR count). The summed E-state index contributed by atoms with van der Waals surface area (Å²) in [5.41, 5.74) is 0.901. The zero-order chi connectivity index (χ0) is 24.9. The van der Waals surface area contributed by atoms with Crippen LogP contribution in [-0.4, -0.2) is 50.0 Å². The third-order valence-electron chi connectivity index (χ3n) is 5.93. The van der Waals surface area contributed by atoms with Gasteiger partial charge in [-0.15, -0.1) is 0 Å². The van der Waals surface area contributed by atoms with Gasteiger partial charge in [0.1, 0.15) is 18.4 Å². The Balaban J connectivity index is 1.86. The van der Waals surface area contributed by atoms with E-state index in [9.17, 15) is 22.4 Å². The summed E-state index contributed by atoms with van der Waals surface area (Å²) in [7, 11) is -3.81. The molecular weight excluding hydrogens is 481 g/mol. The van der Waals surface area contributed by atoms with Crippen molar-refractivity contribution in [2.45, 2.75) is 51.2 Å². The van der Waals surface area contributed by atoms with Crippen LogP contribution in [0.25, 0.3) is 0 Å². The molecule has 2 amide bonds. The van der Waals surface area contributed by atoms with Crippen LogP contribution in [0, 0.1) is 5.82 Å². The van der Waals surface area contributed by atoms with Crippen molar-refractivity contribution >= 4 is 39.1 Å². The van der Waals surface area contributed by atoms with Crippen molar-refractivity contribution in [1.29, 1.82) is 0 Å². The highest BCUT2D eigenvalue weighted by Crippen LogP contribution is 2.22. The van der Waals surface area contributed by atoms with Crippen LogP contribution < -0.4 is 9.62 Å². The van der Waals surface area contributed by atoms with E-state index in [-0.39, 0.29) is 24.2 Å². The minimum absolute atomic E-state index is 0.0244. The van der Waals surface area contributed by atoms with Crippen LogP contribution in [0.1, 0.15) is 38.2 Å². The second-order valence-electron chi connectivity index (χ2n) is 8.56. The van der Waals surface area contributed by atoms with E-state index in [1.807, 2.05) is 0 Å². The van der Waals surface area contributed by atoms with Crippen molar-refractivity contribution in [1.82, 2.24) is 10.2 Å². The fourth-order valence-electron chi connectivity index (χ4n) is 3.98. The lowest BCUT2D eigenvalue weighted by molar-refractivity contribution is -0.139. The summed E-state index contributed by atoms with van der Waals surface area (Å²) in [5.74, 6) is -1.28. The van der Waals surface area contributed by atoms with Crippen LogP contribution in [0.15, 0.2) is 48.5 Å². The highest BCUT2D eigenvalue weighted by atomic mass is 35.5. The number of halogens is 2. The number of rotatable bonds is 9. The van der Waals surface area contributed by atoms with Gasteiger partial charge in [-0.2, -0.15) is 0 Å². The van der Waals surface area contributed by atoms with Crippen molar-refractivity contribution in [3.05, 3.63) is 64.9 Å². The summed E-state index contributed by atoms with van der Waals surface area (Å²) in [4.78, 5) is 27.7. The van der Waals surface area contributed by atoms with Gasteiger partial charge in [0.2, 0.25) is 21.8 Å². The summed E-state index contributed by atoms with van der Waals surface area (Å²) in [6, 6.07) is 10.9. The fraction of sp³-hybridized carbons (Fsp3) is 0.417. The molecule has 1 aliphatic carbocycles. The molecule has 7 nitrogen and oxygen atoms in total. The number of amides is 2. The molecule has 1 N–H and O–H groups in total. The maximum absolute atomic E-state index is 13.4. The first-order valence-corrected chi connectivity index (χ1v) is 13.3. The van der Waals surface area contributed by atoms with Crippen molar-refractivity contribution in [2.24, 2.45) is 0 Å². The minimum Gasteiger partial charge on any atom is -0.352 e. The van der Waals surface area contributed by atoms with Crippen molar-refractivity contribution < 1.29 is 22.4 Å². The van der Waals surface area contributed by atoms with E-state index in [1.54, 1.807) is 6.92 Å². The summed E-state index contributed by atoms with van der Waals surface area (Å²) < 4.78 is 39.4. The molecule has 184 valence electrons. The lowest BCUT2D eigenvalue weighted by atomic mass is 10.1. The van der Waals surface area contributed by atoms with E-state index in [2.05, 4.69) is 5.32 Å². The normalized spacial score (nSPS) is 15.1. The molecule has 0 saturated heterocycles. The van der Waals surface area contributed by atoms with Crippen molar-refractivity contribution in [3.63, 3.8) is 0 Å². The topological polar surface area (TPSA) is 86.8 Å². The predicted octanol–water partition coefficient (Wildman–Crippen LogP) is 3.72. The summed E-state index contributed by atoms with van der Waals surface area (Å²) in [6.45, 7) is 1.14. The number of anilines is 1. The van der Waals surface area contributed by atoms with Gasteiger partial charge in [-0.25, -0.2) is 12.8 Å². The Morgan fingerprint density at radius 1 is 1.09 bits per heavy atom. The Morgan fingerprint density at radius 3 is 2.24 bits per heavy atom. The second-order valence-corrected chi connectivity index (χ2v) is 10.9. The van der Waals surface area contributed by atoms with Gasteiger partial charge in [-0.05, 0) is 61.7 Å². The average molecular weight is 510 g/mol. The van der Waals surface area contributed by atoms with Crippen LogP contribution in [0.2, 0.25) is 5.02 Å². The van der Waals surface area contributed by atoms with Gasteiger partial charge < -0.3 is 10.2 Å². The molecule has 2 aromatic rings. The van der Waals surface area contributed by atoms with Gasteiger partial charge in [0.05, 0.1) is 11.9 Å².